The van der Waals surface area contributed by atoms with Crippen LogP contribution < -0.4 is 0 Å². The van der Waals surface area contributed by atoms with Gasteiger partial charge in [0.15, 0.2) is 0 Å². The lowest BCUT2D eigenvalue weighted by Gasteiger charge is -2.44. The Labute approximate surface area is 193 Å². The van der Waals surface area contributed by atoms with Gasteiger partial charge in [0.25, 0.3) is 0 Å². The Bertz CT molecular complexity index is 867. The number of likely N-dealkylation sites (tertiary alicyclic amines) is 1. The van der Waals surface area contributed by atoms with E-state index in [1.807, 2.05) is 14.1 Å². The second-order valence-electron chi connectivity index (χ2n) is 10.0. The molecule has 0 aromatic rings. The molecule has 4 aliphatic rings. The van der Waals surface area contributed by atoms with Crippen LogP contribution >= 0.6 is 0 Å². The lowest BCUT2D eigenvalue weighted by molar-refractivity contribution is -0.192. The molecule has 4 rings (SSSR count). The summed E-state index contributed by atoms with van der Waals surface area (Å²) >= 11 is 0. The van der Waals surface area contributed by atoms with Crippen LogP contribution in [0.2, 0.25) is 0 Å². The van der Waals surface area contributed by atoms with E-state index in [0.717, 1.165) is 58.2 Å². The predicted octanol–water partition coefficient (Wildman–Crippen LogP) is 2.01. The monoisotopic (exact) mass is 497 g/mol. The van der Waals surface area contributed by atoms with Crippen molar-refractivity contribution in [2.45, 2.75) is 56.9 Å². The van der Waals surface area contributed by atoms with Crippen molar-refractivity contribution in [3.8, 4) is 0 Å². The van der Waals surface area contributed by atoms with Gasteiger partial charge in [0.05, 0.1) is 10.7 Å². The molecule has 1 amide bonds. The zero-order chi connectivity index (χ0) is 24.8. The molecule has 33 heavy (non-hydrogen) atoms. The highest BCUT2D eigenvalue weighted by Gasteiger charge is 2.64. The number of sulfonamides is 1. The van der Waals surface area contributed by atoms with Crippen LogP contribution in [0.1, 0.15) is 45.4 Å². The fraction of sp³-hybridized carbons (Fsp3) is 0.905. The molecular formula is C21H34F3N3O5S. The summed E-state index contributed by atoms with van der Waals surface area (Å²) in [5.41, 5.74) is -0.109. The first-order valence-corrected chi connectivity index (χ1v) is 12.9. The van der Waals surface area contributed by atoms with Crippen molar-refractivity contribution in [1.82, 2.24) is 14.1 Å². The lowest BCUT2D eigenvalue weighted by Crippen LogP contribution is -2.49. The number of carbonyl (C=O) groups is 2. The van der Waals surface area contributed by atoms with E-state index < -0.39 is 22.2 Å². The zero-order valence-electron chi connectivity index (χ0n) is 19.4. The number of amides is 1. The number of fused-ring (bicyclic) bond motifs is 2. The molecule has 2 saturated heterocycles. The van der Waals surface area contributed by atoms with Gasteiger partial charge in [-0.1, -0.05) is 6.92 Å². The smallest absolute Gasteiger partial charge is 0.475 e. The van der Waals surface area contributed by atoms with Crippen LogP contribution in [0, 0.1) is 16.7 Å². The van der Waals surface area contributed by atoms with E-state index >= 15 is 0 Å². The Kier molecular flexibility index (Phi) is 7.14. The highest BCUT2D eigenvalue weighted by molar-refractivity contribution is 7.90. The van der Waals surface area contributed by atoms with Crippen LogP contribution in [0.5, 0.6) is 0 Å². The Morgan fingerprint density at radius 1 is 1.09 bits per heavy atom. The third kappa shape index (κ3) is 4.88. The molecule has 12 heteroatoms. The molecule has 2 aliphatic carbocycles. The standard InChI is InChI=1S/C19H33N3O3S.C2HF3O2/c1-4-21-13-16-18(7-8-19(16,14-21)17(23)20(2)3)9-11-22(12-10-18)26(24,25)15-5-6-15;3-2(4,5)1(6)7/h15-16H,4-14H2,1-3H3;(H,6,7)/t16-,19+;/m0./s1. The second-order valence-corrected chi connectivity index (χ2v) is 12.3. The fourth-order valence-electron chi connectivity index (χ4n) is 6.06. The molecule has 4 fully saturated rings. The van der Waals surface area contributed by atoms with Crippen LogP contribution in [0.25, 0.3) is 0 Å². The van der Waals surface area contributed by atoms with Crippen LogP contribution in [-0.4, -0.2) is 97.8 Å². The van der Waals surface area contributed by atoms with Gasteiger partial charge in [-0.25, -0.2) is 17.5 Å². The summed E-state index contributed by atoms with van der Waals surface area (Å²) in [7, 11) is 0.677. The molecule has 0 radical (unpaired) electrons. The van der Waals surface area contributed by atoms with Gasteiger partial charge in [0.2, 0.25) is 15.9 Å². The SMILES string of the molecule is CCN1C[C@H]2C3(CCN(S(=O)(=O)C4CC4)CC3)CC[C@@]2(C(=O)N(C)C)C1.O=C(O)C(F)(F)F. The molecule has 0 unspecified atom stereocenters. The quantitative estimate of drug-likeness (QED) is 0.638. The average molecular weight is 498 g/mol. The van der Waals surface area contributed by atoms with Gasteiger partial charge in [-0.2, -0.15) is 13.2 Å². The van der Waals surface area contributed by atoms with Gasteiger partial charge in [-0.3, -0.25) is 4.79 Å². The first-order valence-electron chi connectivity index (χ1n) is 11.4. The molecule has 0 aromatic carbocycles. The maximum atomic E-state index is 13.2. The van der Waals surface area contributed by atoms with Gasteiger partial charge in [-0.15, -0.1) is 0 Å². The normalized spacial score (nSPS) is 29.9. The van der Waals surface area contributed by atoms with Gasteiger partial charge < -0.3 is 14.9 Å². The molecule has 0 bridgehead atoms. The van der Waals surface area contributed by atoms with Gasteiger partial charge in [-0.05, 0) is 56.4 Å². The number of hydrogen-bond donors (Lipinski definition) is 1. The second kappa shape index (κ2) is 8.99. The molecule has 190 valence electrons. The van der Waals surface area contributed by atoms with Crippen molar-refractivity contribution in [3.05, 3.63) is 0 Å². The van der Waals surface area contributed by atoms with E-state index in [4.69, 9.17) is 9.90 Å². The molecule has 2 atom stereocenters. The van der Waals surface area contributed by atoms with E-state index in [1.54, 1.807) is 9.21 Å². The summed E-state index contributed by atoms with van der Waals surface area (Å²) in [5.74, 6) is -2.11. The maximum absolute atomic E-state index is 13.2. The maximum Gasteiger partial charge on any atom is 0.490 e. The van der Waals surface area contributed by atoms with Crippen molar-refractivity contribution in [2.24, 2.45) is 16.7 Å². The molecule has 2 saturated carbocycles. The predicted molar refractivity (Wildman–Crippen MR) is 115 cm³/mol. The number of carboxylic acid groups (broad SMARTS) is 1. The molecule has 2 aliphatic heterocycles. The average Bonchev–Trinajstić information content (AvgIpc) is 3.47. The number of carbonyl (C=O) groups excluding carboxylic acids is 1. The van der Waals surface area contributed by atoms with Gasteiger partial charge >= 0.3 is 12.1 Å². The van der Waals surface area contributed by atoms with E-state index in [2.05, 4.69) is 11.8 Å². The van der Waals surface area contributed by atoms with Gasteiger partial charge in [0, 0.05) is 40.3 Å². The largest absolute Gasteiger partial charge is 0.490 e. The number of nitrogens with zero attached hydrogens (tertiary/aromatic N) is 3. The third-order valence-corrected chi connectivity index (χ3v) is 10.4. The molecule has 1 N–H and O–H groups in total. The van der Waals surface area contributed by atoms with Crippen molar-refractivity contribution in [1.29, 1.82) is 0 Å². The van der Waals surface area contributed by atoms with Crippen LogP contribution in [0.4, 0.5) is 13.2 Å². The number of alkyl halides is 3. The fourth-order valence-corrected chi connectivity index (χ4v) is 7.90. The van der Waals surface area contributed by atoms with Crippen molar-refractivity contribution >= 4 is 21.9 Å². The number of aliphatic carboxylic acids is 1. The van der Waals surface area contributed by atoms with E-state index in [-0.39, 0.29) is 22.0 Å². The molecule has 2 heterocycles. The Morgan fingerprint density at radius 2 is 1.64 bits per heavy atom. The van der Waals surface area contributed by atoms with Crippen molar-refractivity contribution < 1.29 is 36.3 Å². The van der Waals surface area contributed by atoms with Crippen LogP contribution in [-0.2, 0) is 19.6 Å². The highest BCUT2D eigenvalue weighted by Crippen LogP contribution is 2.62. The van der Waals surface area contributed by atoms with Crippen molar-refractivity contribution in [3.63, 3.8) is 0 Å². The molecule has 1 spiro atoms. The Balaban J connectivity index is 0.000000383. The summed E-state index contributed by atoms with van der Waals surface area (Å²) in [6.07, 6.45) is 0.455. The number of piperidine rings is 1. The lowest BCUT2D eigenvalue weighted by atomic mass is 9.66. The van der Waals surface area contributed by atoms with E-state index in [9.17, 15) is 26.4 Å². The third-order valence-electron chi connectivity index (χ3n) is 7.97. The van der Waals surface area contributed by atoms with Crippen LogP contribution in [0.3, 0.4) is 0 Å². The number of rotatable bonds is 4. The van der Waals surface area contributed by atoms with E-state index in [1.165, 1.54) is 0 Å². The minimum Gasteiger partial charge on any atom is -0.475 e. The summed E-state index contributed by atoms with van der Waals surface area (Å²) < 4.78 is 58.7. The topological polar surface area (TPSA) is 98.2 Å². The minimum atomic E-state index is -5.08. The van der Waals surface area contributed by atoms with E-state index in [0.29, 0.717) is 19.0 Å². The Hall–Kier alpha value is -1.40. The first-order chi connectivity index (χ1) is 15.2. The minimum absolute atomic E-state index is 0.114. The molecule has 8 nitrogen and oxygen atoms in total. The summed E-state index contributed by atoms with van der Waals surface area (Å²) in [6.45, 7) is 6.31. The summed E-state index contributed by atoms with van der Waals surface area (Å²) in [4.78, 5) is 26.3. The van der Waals surface area contributed by atoms with Crippen LogP contribution in [0.15, 0.2) is 0 Å². The highest BCUT2D eigenvalue weighted by atomic mass is 32.2. The summed E-state index contributed by atoms with van der Waals surface area (Å²) in [6, 6.07) is 0. The Morgan fingerprint density at radius 3 is 2.06 bits per heavy atom. The first kappa shape index (κ1) is 26.2. The number of hydrogen-bond acceptors (Lipinski definition) is 5. The van der Waals surface area contributed by atoms with Crippen molar-refractivity contribution in [2.75, 3.05) is 46.8 Å². The molecular weight excluding hydrogens is 463 g/mol. The summed E-state index contributed by atoms with van der Waals surface area (Å²) in [5, 5.41) is 7.01. The number of carboxylic acids is 1. The number of halogens is 3. The molecule has 0 aromatic heterocycles. The van der Waals surface area contributed by atoms with Gasteiger partial charge in [0.1, 0.15) is 0 Å². The zero-order valence-corrected chi connectivity index (χ0v) is 20.2.